The maximum atomic E-state index is 10.6. The van der Waals surface area contributed by atoms with Crippen molar-refractivity contribution in [2.75, 3.05) is 5.32 Å². The van der Waals surface area contributed by atoms with Gasteiger partial charge in [-0.25, -0.2) is 0 Å². The van der Waals surface area contributed by atoms with E-state index in [4.69, 9.17) is 5.11 Å². The number of rotatable bonds is 5. The van der Waals surface area contributed by atoms with Crippen molar-refractivity contribution in [3.63, 3.8) is 0 Å². The molecule has 1 aromatic heterocycles. The maximum absolute atomic E-state index is 10.6. The topological polar surface area (TPSA) is 110 Å². The zero-order valence-electron chi connectivity index (χ0n) is 8.88. The Kier molecular flexibility index (Phi) is 3.44. The van der Waals surface area contributed by atoms with Gasteiger partial charge in [-0.05, 0) is 16.8 Å². The molecule has 0 bridgehead atoms. The number of imidazole rings is 1. The second-order valence-corrected chi connectivity index (χ2v) is 3.43. The molecule has 88 valence electrons. The molecule has 8 nitrogen and oxygen atoms in total. The first kappa shape index (κ1) is 12.0. The summed E-state index contributed by atoms with van der Waals surface area (Å²) in [4.78, 5) is 24.0. The third kappa shape index (κ3) is 2.69. The van der Waals surface area contributed by atoms with Gasteiger partial charge in [0.1, 0.15) is 0 Å². The summed E-state index contributed by atoms with van der Waals surface area (Å²) >= 11 is 0. The maximum Gasteiger partial charge on any atom is 0.406 e. The molecule has 0 saturated heterocycles. The summed E-state index contributed by atoms with van der Waals surface area (Å²) in [6.07, 6.45) is 1.18. The monoisotopic (exact) mass is 228 g/mol. The molecule has 0 aromatic carbocycles. The van der Waals surface area contributed by atoms with Crippen LogP contribution in [0.3, 0.4) is 0 Å². The van der Waals surface area contributed by atoms with Crippen molar-refractivity contribution >= 4 is 17.6 Å². The average Bonchev–Trinajstić information content (AvgIpc) is 2.46. The third-order valence-corrected chi connectivity index (χ3v) is 1.95. The molecular weight excluding hydrogens is 216 g/mol. The molecule has 1 atom stereocenters. The summed E-state index contributed by atoms with van der Waals surface area (Å²) in [6.45, 7) is 1.63. The molecule has 16 heavy (non-hydrogen) atoms. The van der Waals surface area contributed by atoms with Gasteiger partial charge in [0.2, 0.25) is 12.1 Å². The number of nitrogens with zero attached hydrogens (tertiary/aromatic N) is 3. The lowest BCUT2D eigenvalue weighted by atomic mass is 10.2. The van der Waals surface area contributed by atoms with Crippen LogP contribution < -0.4 is 5.32 Å². The first-order valence-corrected chi connectivity index (χ1v) is 4.56. The van der Waals surface area contributed by atoms with Gasteiger partial charge in [-0.15, -0.1) is 0 Å². The Morgan fingerprint density at radius 1 is 1.81 bits per heavy atom. The number of aliphatic carboxylic acids is 1. The molecule has 0 radical (unpaired) electrons. The van der Waals surface area contributed by atoms with Gasteiger partial charge in [0.15, 0.2) is 0 Å². The summed E-state index contributed by atoms with van der Waals surface area (Å²) < 4.78 is 1.44. The zero-order chi connectivity index (χ0) is 12.3. The van der Waals surface area contributed by atoms with Crippen LogP contribution in [-0.4, -0.2) is 31.6 Å². The molecule has 0 spiro atoms. The van der Waals surface area contributed by atoms with Crippen LogP contribution in [0.5, 0.6) is 0 Å². The summed E-state index contributed by atoms with van der Waals surface area (Å²) in [5.74, 6) is -1.07. The molecular formula is C8H12N4O4. The molecule has 0 saturated carbocycles. The predicted octanol–water partition coefficient (Wildman–Crippen LogP) is 0.603. The van der Waals surface area contributed by atoms with E-state index in [9.17, 15) is 14.9 Å². The van der Waals surface area contributed by atoms with Crippen LogP contribution in [0.25, 0.3) is 0 Å². The Morgan fingerprint density at radius 3 is 2.94 bits per heavy atom. The predicted molar refractivity (Wildman–Crippen MR) is 55.2 cm³/mol. The molecule has 1 aromatic rings. The lowest BCUT2D eigenvalue weighted by Gasteiger charge is -2.12. The van der Waals surface area contributed by atoms with Crippen molar-refractivity contribution in [3.8, 4) is 0 Å². The van der Waals surface area contributed by atoms with Crippen LogP contribution in [0.4, 0.5) is 11.6 Å². The number of anilines is 1. The van der Waals surface area contributed by atoms with Crippen LogP contribution in [0.2, 0.25) is 0 Å². The van der Waals surface area contributed by atoms with Crippen molar-refractivity contribution < 1.29 is 14.8 Å². The van der Waals surface area contributed by atoms with E-state index in [2.05, 4.69) is 10.3 Å². The van der Waals surface area contributed by atoms with E-state index in [-0.39, 0.29) is 18.1 Å². The summed E-state index contributed by atoms with van der Waals surface area (Å²) in [5, 5.41) is 21.9. The summed E-state index contributed by atoms with van der Waals surface area (Å²) in [6, 6.07) is -0.411. The highest BCUT2D eigenvalue weighted by atomic mass is 16.6. The fourth-order valence-corrected chi connectivity index (χ4v) is 1.26. The van der Waals surface area contributed by atoms with Gasteiger partial charge in [0.05, 0.1) is 6.42 Å². The Morgan fingerprint density at radius 2 is 2.44 bits per heavy atom. The summed E-state index contributed by atoms with van der Waals surface area (Å²) in [7, 11) is 1.59. The van der Waals surface area contributed by atoms with Crippen molar-refractivity contribution in [3.05, 3.63) is 16.4 Å². The van der Waals surface area contributed by atoms with Gasteiger partial charge < -0.3 is 20.5 Å². The quantitative estimate of drug-likeness (QED) is 0.564. The van der Waals surface area contributed by atoms with Gasteiger partial charge in [0.25, 0.3) is 0 Å². The standard InChI is InChI=1S/C8H12N4O4/c1-5(3-6(13)14)10-8-7(12(15)16)9-4-11(8)2/h4-5,10H,3H2,1-2H3,(H,13,14). The van der Waals surface area contributed by atoms with E-state index >= 15 is 0 Å². The highest BCUT2D eigenvalue weighted by molar-refractivity contribution is 5.68. The van der Waals surface area contributed by atoms with Gasteiger partial charge in [0, 0.05) is 13.1 Å². The van der Waals surface area contributed by atoms with Crippen molar-refractivity contribution in [1.82, 2.24) is 9.55 Å². The van der Waals surface area contributed by atoms with E-state index in [0.717, 1.165) is 0 Å². The Hall–Kier alpha value is -2.12. The molecule has 1 heterocycles. The number of nitro groups is 1. The SMILES string of the molecule is CC(CC(=O)O)Nc1c([N+](=O)[O-])ncn1C. The van der Waals surface area contributed by atoms with Crippen LogP contribution in [0, 0.1) is 10.1 Å². The van der Waals surface area contributed by atoms with Gasteiger partial charge >= 0.3 is 11.8 Å². The molecule has 2 N–H and O–H groups in total. The Labute approximate surface area is 91.1 Å². The summed E-state index contributed by atoms with van der Waals surface area (Å²) in [5.41, 5.74) is 0. The van der Waals surface area contributed by atoms with Crippen molar-refractivity contribution in [2.45, 2.75) is 19.4 Å². The lowest BCUT2D eigenvalue weighted by molar-refractivity contribution is -0.388. The molecule has 0 fully saturated rings. The number of hydrogen-bond acceptors (Lipinski definition) is 5. The number of carboxylic acid groups (broad SMARTS) is 1. The number of nitrogens with one attached hydrogen (secondary N) is 1. The lowest BCUT2D eigenvalue weighted by Crippen LogP contribution is -2.21. The highest BCUT2D eigenvalue weighted by Gasteiger charge is 2.21. The first-order chi connectivity index (χ1) is 7.41. The van der Waals surface area contributed by atoms with Gasteiger partial charge in [-0.1, -0.05) is 0 Å². The molecule has 0 aliphatic heterocycles. The molecule has 0 aliphatic carbocycles. The third-order valence-electron chi connectivity index (χ3n) is 1.95. The first-order valence-electron chi connectivity index (χ1n) is 4.56. The number of carboxylic acids is 1. The number of aryl methyl sites for hydroxylation is 1. The minimum absolute atomic E-state index is 0.123. The van der Waals surface area contributed by atoms with Crippen molar-refractivity contribution in [2.24, 2.45) is 7.05 Å². The number of hydrogen-bond donors (Lipinski definition) is 2. The van der Waals surface area contributed by atoms with E-state index in [1.807, 2.05) is 0 Å². The Bertz CT molecular complexity index is 414. The Balaban J connectivity index is 2.83. The average molecular weight is 228 g/mol. The second kappa shape index (κ2) is 4.60. The number of carbonyl (C=O) groups is 1. The van der Waals surface area contributed by atoms with E-state index < -0.39 is 16.9 Å². The molecule has 0 amide bonds. The van der Waals surface area contributed by atoms with E-state index in [0.29, 0.717) is 0 Å². The zero-order valence-corrected chi connectivity index (χ0v) is 8.88. The molecule has 1 rings (SSSR count). The van der Waals surface area contributed by atoms with Crippen LogP contribution >= 0.6 is 0 Å². The molecule has 0 aliphatic rings. The molecule has 8 heteroatoms. The van der Waals surface area contributed by atoms with Gasteiger partial charge in [-0.3, -0.25) is 9.36 Å². The van der Waals surface area contributed by atoms with Crippen LogP contribution in [0.1, 0.15) is 13.3 Å². The minimum Gasteiger partial charge on any atom is -0.481 e. The van der Waals surface area contributed by atoms with Crippen LogP contribution in [0.15, 0.2) is 6.33 Å². The van der Waals surface area contributed by atoms with E-state index in [1.54, 1.807) is 14.0 Å². The van der Waals surface area contributed by atoms with Gasteiger partial charge in [-0.2, -0.15) is 0 Å². The number of aromatic nitrogens is 2. The van der Waals surface area contributed by atoms with Crippen LogP contribution in [-0.2, 0) is 11.8 Å². The highest BCUT2D eigenvalue weighted by Crippen LogP contribution is 2.22. The molecule has 1 unspecified atom stereocenters. The fraction of sp³-hybridized carbons (Fsp3) is 0.500. The normalized spacial score (nSPS) is 12.1. The van der Waals surface area contributed by atoms with Crippen molar-refractivity contribution in [1.29, 1.82) is 0 Å². The fourth-order valence-electron chi connectivity index (χ4n) is 1.26. The minimum atomic E-state index is -0.968. The largest absolute Gasteiger partial charge is 0.481 e. The second-order valence-electron chi connectivity index (χ2n) is 3.43. The smallest absolute Gasteiger partial charge is 0.406 e. The van der Waals surface area contributed by atoms with E-state index in [1.165, 1.54) is 10.9 Å².